The Morgan fingerprint density at radius 2 is 0.933 bits per heavy atom. The molecule has 4 aromatic carbocycles. The molecule has 4 rings (SSSR count). The summed E-state index contributed by atoms with van der Waals surface area (Å²) < 4.78 is 4.82. The predicted molar refractivity (Wildman–Crippen MR) is 139 cm³/mol. The molecule has 0 saturated heterocycles. The van der Waals surface area contributed by atoms with E-state index in [4.69, 9.17) is 4.65 Å². The molecular weight excluding hydrogens is 427 g/mol. The average Bonchev–Trinajstić information content (AvgIpc) is 3.12. The molecular formula is C26H36NScSi2. The van der Waals surface area contributed by atoms with Crippen molar-refractivity contribution >= 4 is 38.0 Å². The first-order valence-electron chi connectivity index (χ1n) is 10.4. The first kappa shape index (κ1) is 27.0. The van der Waals surface area contributed by atoms with E-state index >= 15 is 0 Å². The number of aryl methyl sites for hydroxylation is 2. The van der Waals surface area contributed by atoms with Crippen LogP contribution in [-0.4, -0.2) is 16.5 Å². The van der Waals surface area contributed by atoms with Gasteiger partial charge in [-0.15, -0.1) is 81.2 Å². The van der Waals surface area contributed by atoms with Gasteiger partial charge in [0.15, 0.2) is 0 Å². The third kappa shape index (κ3) is 9.82. The Kier molecular flexibility index (Phi) is 10.3. The van der Waals surface area contributed by atoms with Crippen LogP contribution in [0.15, 0.2) is 72.8 Å². The average molecular weight is 464 g/mol. The molecule has 0 atom stereocenters. The normalized spacial score (nSPS) is 11.2. The zero-order valence-corrected chi connectivity index (χ0v) is 23.8. The number of rotatable bonds is 2. The summed E-state index contributed by atoms with van der Waals surface area (Å²) in [6, 6.07) is 25.7. The molecule has 0 saturated carbocycles. The Bertz CT molecular complexity index is 882. The molecule has 0 heterocycles. The van der Waals surface area contributed by atoms with Gasteiger partial charge in [-0.25, -0.2) is 0 Å². The Balaban J connectivity index is 0.000000222. The summed E-state index contributed by atoms with van der Waals surface area (Å²) in [5.74, 6) is 0. The van der Waals surface area contributed by atoms with E-state index in [0.29, 0.717) is 0 Å². The number of nitrogens with zero attached hydrogens (tertiary/aromatic N) is 1. The number of hydrogen-bond acceptors (Lipinski definition) is 0. The van der Waals surface area contributed by atoms with Crippen molar-refractivity contribution in [3.8, 4) is 0 Å². The zero-order chi connectivity index (χ0) is 21.7. The Hall–Kier alpha value is -1.08. The second-order valence-corrected chi connectivity index (χ2v) is 19.4. The quantitative estimate of drug-likeness (QED) is 0.208. The molecule has 0 bridgehead atoms. The molecule has 0 spiro atoms. The van der Waals surface area contributed by atoms with E-state index in [0.717, 1.165) is 0 Å². The second kappa shape index (κ2) is 11.5. The molecule has 4 heteroatoms. The summed E-state index contributed by atoms with van der Waals surface area (Å²) in [4.78, 5) is 0. The zero-order valence-electron chi connectivity index (χ0n) is 20.0. The summed E-state index contributed by atoms with van der Waals surface area (Å²) in [5.41, 5.74) is 2.70. The van der Waals surface area contributed by atoms with Crippen LogP contribution in [0.2, 0.25) is 39.3 Å². The van der Waals surface area contributed by atoms with Crippen molar-refractivity contribution < 1.29 is 25.8 Å². The maximum Gasteiger partial charge on any atom is 3.00 e. The standard InChI is InChI=1S/2C10H9.C6H18NSi2.Sc/c2*1-8-6-9-4-2-3-5-10(9)7-8;1-8(2,3)7-9(4,5)6;/h2*2-7H,1H3;1-6H3;/q3*-1;+3. The SMILES string of the molecule is C[Si](C)(C)[N-][Si](C)(C)C.Cc1cc2ccccc2[cH-]1.Cc1cc2ccccc2[cH-]1.[Sc+3]. The fraction of sp³-hybridized carbons (Fsp3) is 0.308. The maximum absolute atomic E-state index is 4.82. The summed E-state index contributed by atoms with van der Waals surface area (Å²) in [7, 11) is -2.21. The first-order chi connectivity index (χ1) is 13.4. The molecule has 0 aromatic heterocycles. The molecule has 0 aliphatic rings. The van der Waals surface area contributed by atoms with E-state index in [9.17, 15) is 0 Å². The fourth-order valence-corrected chi connectivity index (χ4v) is 11.7. The van der Waals surface area contributed by atoms with Gasteiger partial charge >= 0.3 is 25.8 Å². The molecule has 0 aliphatic carbocycles. The van der Waals surface area contributed by atoms with Crippen LogP contribution in [0.3, 0.4) is 0 Å². The summed E-state index contributed by atoms with van der Waals surface area (Å²) >= 11 is 0. The molecule has 30 heavy (non-hydrogen) atoms. The van der Waals surface area contributed by atoms with Gasteiger partial charge in [0.25, 0.3) is 0 Å². The van der Waals surface area contributed by atoms with Crippen LogP contribution in [0, 0.1) is 13.8 Å². The van der Waals surface area contributed by atoms with Gasteiger partial charge in [-0.3, -0.25) is 0 Å². The Morgan fingerprint density at radius 1 is 0.600 bits per heavy atom. The third-order valence-corrected chi connectivity index (χ3v) is 9.56. The van der Waals surface area contributed by atoms with Crippen molar-refractivity contribution in [2.24, 2.45) is 0 Å². The minimum Gasteiger partial charge on any atom is -0.668 e. The monoisotopic (exact) mass is 463 g/mol. The van der Waals surface area contributed by atoms with E-state index in [-0.39, 0.29) is 25.8 Å². The number of fused-ring (bicyclic) bond motifs is 2. The van der Waals surface area contributed by atoms with Crippen molar-refractivity contribution in [3.63, 3.8) is 0 Å². The smallest absolute Gasteiger partial charge is 0.668 e. The molecule has 0 aliphatic heterocycles. The minimum absolute atomic E-state index is 0. The maximum atomic E-state index is 4.82. The molecule has 156 valence electrons. The van der Waals surface area contributed by atoms with Gasteiger partial charge in [-0.05, 0) is 0 Å². The van der Waals surface area contributed by atoms with Crippen LogP contribution >= 0.6 is 0 Å². The van der Waals surface area contributed by atoms with Gasteiger partial charge < -0.3 is 4.65 Å². The Morgan fingerprint density at radius 3 is 1.20 bits per heavy atom. The van der Waals surface area contributed by atoms with Gasteiger partial charge in [0.05, 0.1) is 0 Å². The van der Waals surface area contributed by atoms with E-state index < -0.39 is 16.5 Å². The van der Waals surface area contributed by atoms with Crippen LogP contribution in [0.1, 0.15) is 11.1 Å². The summed E-state index contributed by atoms with van der Waals surface area (Å²) in [6.45, 7) is 18.0. The largest absolute Gasteiger partial charge is 3.00 e. The predicted octanol–water partition coefficient (Wildman–Crippen LogP) is 8.76. The van der Waals surface area contributed by atoms with Crippen molar-refractivity contribution in [1.29, 1.82) is 0 Å². The third-order valence-electron chi connectivity index (χ3n) is 4.20. The molecule has 0 N–H and O–H groups in total. The van der Waals surface area contributed by atoms with Crippen LogP contribution in [0.4, 0.5) is 0 Å². The van der Waals surface area contributed by atoms with Gasteiger partial charge in [0, 0.05) is 0 Å². The van der Waals surface area contributed by atoms with Crippen molar-refractivity contribution in [3.05, 3.63) is 88.6 Å². The van der Waals surface area contributed by atoms with Crippen molar-refractivity contribution in [2.45, 2.75) is 53.1 Å². The van der Waals surface area contributed by atoms with E-state index in [1.54, 1.807) is 0 Å². The van der Waals surface area contributed by atoms with E-state index in [1.807, 2.05) is 0 Å². The molecule has 0 amide bonds. The van der Waals surface area contributed by atoms with Crippen LogP contribution in [-0.2, 0) is 25.8 Å². The van der Waals surface area contributed by atoms with Crippen molar-refractivity contribution in [2.75, 3.05) is 0 Å². The Labute approximate surface area is 204 Å². The number of benzene rings is 2. The first-order valence-corrected chi connectivity index (χ1v) is 17.3. The molecule has 0 fully saturated rings. The van der Waals surface area contributed by atoms with Gasteiger partial charge in [0.1, 0.15) is 0 Å². The van der Waals surface area contributed by atoms with E-state index in [2.05, 4.69) is 126 Å². The van der Waals surface area contributed by atoms with Crippen molar-refractivity contribution in [1.82, 2.24) is 0 Å². The van der Waals surface area contributed by atoms with Crippen LogP contribution in [0.5, 0.6) is 0 Å². The molecule has 1 nitrogen and oxygen atoms in total. The fourth-order valence-electron chi connectivity index (χ4n) is 3.62. The number of hydrogen-bond donors (Lipinski definition) is 0. The second-order valence-electron chi connectivity index (χ2n) is 9.78. The summed E-state index contributed by atoms with van der Waals surface area (Å²) in [6.07, 6.45) is 0. The van der Waals surface area contributed by atoms with Gasteiger partial charge in [-0.1, -0.05) is 81.7 Å². The molecule has 4 aromatic rings. The van der Waals surface area contributed by atoms with Gasteiger partial charge in [-0.2, -0.15) is 12.1 Å². The van der Waals surface area contributed by atoms with Gasteiger partial charge in [0.2, 0.25) is 0 Å². The topological polar surface area (TPSA) is 14.1 Å². The van der Waals surface area contributed by atoms with E-state index in [1.165, 1.54) is 32.7 Å². The molecule has 0 radical (unpaired) electrons. The minimum atomic E-state index is -1.11. The molecule has 0 unspecified atom stereocenters. The van der Waals surface area contributed by atoms with Crippen LogP contribution < -0.4 is 0 Å². The summed E-state index contributed by atoms with van der Waals surface area (Å²) in [5, 5.41) is 5.39. The van der Waals surface area contributed by atoms with Crippen LogP contribution in [0.25, 0.3) is 26.2 Å².